The van der Waals surface area contributed by atoms with Crippen molar-refractivity contribution in [1.29, 1.82) is 0 Å². The van der Waals surface area contributed by atoms with Crippen molar-refractivity contribution in [3.63, 3.8) is 0 Å². The Morgan fingerprint density at radius 3 is 2.83 bits per heavy atom. The molecule has 124 valence electrons. The van der Waals surface area contributed by atoms with Gasteiger partial charge < -0.3 is 10.1 Å². The molecule has 0 bridgehead atoms. The van der Waals surface area contributed by atoms with Gasteiger partial charge in [0.15, 0.2) is 0 Å². The van der Waals surface area contributed by atoms with Gasteiger partial charge in [0.05, 0.1) is 18.4 Å². The van der Waals surface area contributed by atoms with E-state index < -0.39 is 0 Å². The molecule has 1 N–H and O–H groups in total. The minimum Gasteiger partial charge on any atom is -0.487 e. The molecule has 0 saturated heterocycles. The number of ether oxygens (including phenoxy) is 1. The molecule has 6 heteroatoms. The number of aryl methyl sites for hydroxylation is 1. The highest BCUT2D eigenvalue weighted by Gasteiger charge is 2.15. The molecule has 2 heterocycles. The van der Waals surface area contributed by atoms with Gasteiger partial charge >= 0.3 is 0 Å². The average Bonchev–Trinajstić information content (AvgIpc) is 2.85. The maximum atomic E-state index is 12.3. The van der Waals surface area contributed by atoms with Gasteiger partial charge in [-0.15, -0.1) is 0 Å². The Kier molecular flexibility index (Phi) is 5.73. The number of nitrogens with one attached hydrogen (secondary N) is 1. The standard InChI is InChI=1S/C17H24N4O2/c1-12(2)8-14-9-16(21(4)20-14)17(22)19-10-13(3)23-15-6-5-7-18-11-15/h5-7,9,11-13H,8,10H2,1-4H3,(H,19,22)/t13-/m0/s1. The lowest BCUT2D eigenvalue weighted by Gasteiger charge is -2.15. The zero-order valence-corrected chi connectivity index (χ0v) is 14.1. The highest BCUT2D eigenvalue weighted by Crippen LogP contribution is 2.10. The van der Waals surface area contributed by atoms with Crippen LogP contribution in [0.25, 0.3) is 0 Å². The Labute approximate surface area is 136 Å². The number of amides is 1. The smallest absolute Gasteiger partial charge is 0.269 e. The van der Waals surface area contributed by atoms with Crippen molar-refractivity contribution in [3.8, 4) is 5.75 Å². The number of pyridine rings is 1. The van der Waals surface area contributed by atoms with Crippen LogP contribution in [0, 0.1) is 5.92 Å². The molecule has 0 radical (unpaired) electrons. The van der Waals surface area contributed by atoms with Gasteiger partial charge in [-0.1, -0.05) is 13.8 Å². The van der Waals surface area contributed by atoms with Gasteiger partial charge in [0.25, 0.3) is 5.91 Å². The number of nitrogens with zero attached hydrogens (tertiary/aromatic N) is 3. The summed E-state index contributed by atoms with van der Waals surface area (Å²) < 4.78 is 7.31. The minimum absolute atomic E-state index is 0.142. The molecule has 0 aliphatic carbocycles. The Hall–Kier alpha value is -2.37. The monoisotopic (exact) mass is 316 g/mol. The number of aromatic nitrogens is 3. The first-order valence-electron chi connectivity index (χ1n) is 7.83. The van der Waals surface area contributed by atoms with Crippen molar-refractivity contribution >= 4 is 5.91 Å². The number of hydrogen-bond acceptors (Lipinski definition) is 4. The summed E-state index contributed by atoms with van der Waals surface area (Å²) in [6, 6.07) is 5.50. The molecule has 1 atom stereocenters. The molecular weight excluding hydrogens is 292 g/mol. The van der Waals surface area contributed by atoms with Gasteiger partial charge in [0.2, 0.25) is 0 Å². The van der Waals surface area contributed by atoms with Crippen molar-refractivity contribution in [2.45, 2.75) is 33.3 Å². The first kappa shape index (κ1) is 17.0. The van der Waals surface area contributed by atoms with Crippen molar-refractivity contribution in [2.75, 3.05) is 6.54 Å². The van der Waals surface area contributed by atoms with Crippen LogP contribution in [0.5, 0.6) is 5.75 Å². The van der Waals surface area contributed by atoms with Gasteiger partial charge in [-0.25, -0.2) is 0 Å². The number of rotatable bonds is 7. The van der Waals surface area contributed by atoms with E-state index >= 15 is 0 Å². The van der Waals surface area contributed by atoms with E-state index in [1.54, 1.807) is 24.1 Å². The summed E-state index contributed by atoms with van der Waals surface area (Å²) >= 11 is 0. The number of hydrogen-bond donors (Lipinski definition) is 1. The molecule has 0 unspecified atom stereocenters. The summed E-state index contributed by atoms with van der Waals surface area (Å²) in [5, 5.41) is 7.26. The van der Waals surface area contributed by atoms with E-state index in [0.29, 0.717) is 23.9 Å². The molecule has 1 amide bonds. The molecule has 0 spiro atoms. The summed E-state index contributed by atoms with van der Waals surface area (Å²) in [5.74, 6) is 1.05. The van der Waals surface area contributed by atoms with Crippen LogP contribution in [-0.4, -0.2) is 33.3 Å². The van der Waals surface area contributed by atoms with Crippen molar-refractivity contribution in [2.24, 2.45) is 13.0 Å². The lowest BCUT2D eigenvalue weighted by atomic mass is 10.1. The van der Waals surface area contributed by atoms with Crippen LogP contribution in [0.1, 0.15) is 37.0 Å². The molecule has 0 aromatic carbocycles. The third kappa shape index (κ3) is 5.09. The molecule has 23 heavy (non-hydrogen) atoms. The summed E-state index contributed by atoms with van der Waals surface area (Å²) in [4.78, 5) is 16.3. The minimum atomic E-state index is -0.147. The van der Waals surface area contributed by atoms with Gasteiger partial charge in [-0.3, -0.25) is 14.5 Å². The molecule has 0 saturated carbocycles. The molecule has 2 aromatic rings. The van der Waals surface area contributed by atoms with Crippen LogP contribution in [0.2, 0.25) is 0 Å². The molecule has 2 aromatic heterocycles. The molecule has 2 rings (SSSR count). The second-order valence-corrected chi connectivity index (χ2v) is 6.07. The summed E-state index contributed by atoms with van der Waals surface area (Å²) in [6.07, 6.45) is 4.06. The summed E-state index contributed by atoms with van der Waals surface area (Å²) in [7, 11) is 1.79. The van der Waals surface area contributed by atoms with Crippen LogP contribution in [0.15, 0.2) is 30.6 Å². The van der Waals surface area contributed by atoms with E-state index in [-0.39, 0.29) is 12.0 Å². The Morgan fingerprint density at radius 1 is 1.39 bits per heavy atom. The Morgan fingerprint density at radius 2 is 2.17 bits per heavy atom. The number of carbonyl (C=O) groups excluding carboxylic acids is 1. The van der Waals surface area contributed by atoms with Crippen molar-refractivity contribution in [3.05, 3.63) is 42.0 Å². The fraction of sp³-hybridized carbons (Fsp3) is 0.471. The van der Waals surface area contributed by atoms with E-state index in [0.717, 1.165) is 12.1 Å². The maximum Gasteiger partial charge on any atom is 0.269 e. The lowest BCUT2D eigenvalue weighted by molar-refractivity contribution is 0.0922. The predicted octanol–water partition coefficient (Wildman–Crippen LogP) is 2.21. The lowest BCUT2D eigenvalue weighted by Crippen LogP contribution is -2.34. The van der Waals surface area contributed by atoms with E-state index in [1.165, 1.54) is 0 Å². The fourth-order valence-electron chi connectivity index (χ4n) is 2.27. The quantitative estimate of drug-likeness (QED) is 0.850. The molecular formula is C17H24N4O2. The van der Waals surface area contributed by atoms with Crippen LogP contribution in [0.4, 0.5) is 0 Å². The maximum absolute atomic E-state index is 12.3. The SMILES string of the molecule is CC(C)Cc1cc(C(=O)NC[C@H](C)Oc2cccnc2)n(C)n1. The highest BCUT2D eigenvalue weighted by atomic mass is 16.5. The van der Waals surface area contributed by atoms with Crippen molar-refractivity contribution in [1.82, 2.24) is 20.1 Å². The highest BCUT2D eigenvalue weighted by molar-refractivity contribution is 5.92. The van der Waals surface area contributed by atoms with E-state index in [2.05, 4.69) is 29.2 Å². The van der Waals surface area contributed by atoms with Gasteiger partial charge in [0.1, 0.15) is 17.5 Å². The Bertz CT molecular complexity index is 637. The third-order valence-electron chi connectivity index (χ3n) is 3.30. The summed E-state index contributed by atoms with van der Waals surface area (Å²) in [6.45, 7) is 6.58. The van der Waals surface area contributed by atoms with Gasteiger partial charge in [-0.2, -0.15) is 5.10 Å². The van der Waals surface area contributed by atoms with Crippen LogP contribution >= 0.6 is 0 Å². The summed E-state index contributed by atoms with van der Waals surface area (Å²) in [5.41, 5.74) is 1.50. The predicted molar refractivity (Wildman–Crippen MR) is 88.4 cm³/mol. The van der Waals surface area contributed by atoms with E-state index in [1.807, 2.05) is 25.1 Å². The second-order valence-electron chi connectivity index (χ2n) is 6.07. The van der Waals surface area contributed by atoms with Crippen LogP contribution < -0.4 is 10.1 Å². The fourth-order valence-corrected chi connectivity index (χ4v) is 2.27. The van der Waals surface area contributed by atoms with Gasteiger partial charge in [-0.05, 0) is 37.5 Å². The molecule has 6 nitrogen and oxygen atoms in total. The molecule has 0 aliphatic heterocycles. The zero-order valence-electron chi connectivity index (χ0n) is 14.1. The molecule has 0 fully saturated rings. The van der Waals surface area contributed by atoms with Crippen LogP contribution in [0.3, 0.4) is 0 Å². The molecule has 0 aliphatic rings. The Balaban J connectivity index is 1.88. The van der Waals surface area contributed by atoms with E-state index in [4.69, 9.17) is 4.74 Å². The largest absolute Gasteiger partial charge is 0.487 e. The van der Waals surface area contributed by atoms with Crippen LogP contribution in [-0.2, 0) is 13.5 Å². The van der Waals surface area contributed by atoms with Gasteiger partial charge in [0, 0.05) is 13.2 Å². The topological polar surface area (TPSA) is 69.0 Å². The first-order chi connectivity index (χ1) is 11.0. The zero-order chi connectivity index (χ0) is 16.8. The average molecular weight is 316 g/mol. The third-order valence-corrected chi connectivity index (χ3v) is 3.30. The first-order valence-corrected chi connectivity index (χ1v) is 7.83. The van der Waals surface area contributed by atoms with E-state index in [9.17, 15) is 4.79 Å². The van der Waals surface area contributed by atoms with Crippen molar-refractivity contribution < 1.29 is 9.53 Å². The second kappa shape index (κ2) is 7.76. The number of carbonyl (C=O) groups is 1. The normalized spacial score (nSPS) is 12.2.